The summed E-state index contributed by atoms with van der Waals surface area (Å²) < 4.78 is 13.4. The van der Waals surface area contributed by atoms with E-state index >= 15 is 0 Å². The Balaban J connectivity index is 2.13. The minimum absolute atomic E-state index is 0.0507. The van der Waals surface area contributed by atoms with Gasteiger partial charge in [0.05, 0.1) is 16.2 Å². The molecule has 5 nitrogen and oxygen atoms in total. The third kappa shape index (κ3) is 3.73. The van der Waals surface area contributed by atoms with Gasteiger partial charge < -0.3 is 5.32 Å². The zero-order valence-electron chi connectivity index (χ0n) is 10.8. The lowest BCUT2D eigenvalue weighted by Crippen LogP contribution is -2.09. The normalized spacial score (nSPS) is 10.5. The van der Waals surface area contributed by atoms with Crippen LogP contribution in [0.2, 0.25) is 0 Å². The number of nitrogens with one attached hydrogen (secondary N) is 1. The van der Waals surface area contributed by atoms with Crippen molar-refractivity contribution in [2.75, 3.05) is 5.32 Å². The topological polar surface area (TPSA) is 72.2 Å². The quantitative estimate of drug-likeness (QED) is 0.532. The van der Waals surface area contributed by atoms with E-state index in [9.17, 15) is 19.3 Å². The summed E-state index contributed by atoms with van der Waals surface area (Å²) in [6.45, 7) is 0. The lowest BCUT2D eigenvalue weighted by Gasteiger charge is -2.02. The van der Waals surface area contributed by atoms with Crippen molar-refractivity contribution >= 4 is 23.4 Å². The van der Waals surface area contributed by atoms with E-state index in [0.717, 1.165) is 6.08 Å². The van der Waals surface area contributed by atoms with Gasteiger partial charge in [0.1, 0.15) is 5.82 Å². The van der Waals surface area contributed by atoms with Crippen molar-refractivity contribution in [1.82, 2.24) is 0 Å². The smallest absolute Gasteiger partial charge is 0.276 e. The Morgan fingerprint density at radius 2 is 1.81 bits per heavy atom. The highest BCUT2D eigenvalue weighted by atomic mass is 19.1. The van der Waals surface area contributed by atoms with Gasteiger partial charge in [-0.1, -0.05) is 24.3 Å². The van der Waals surface area contributed by atoms with E-state index in [1.54, 1.807) is 12.1 Å². The van der Waals surface area contributed by atoms with Gasteiger partial charge in [-0.25, -0.2) is 4.39 Å². The number of hydrogen-bond donors (Lipinski definition) is 1. The lowest BCUT2D eigenvalue weighted by atomic mass is 10.1. The number of nitro benzene ring substituents is 1. The summed E-state index contributed by atoms with van der Waals surface area (Å²) in [7, 11) is 0. The van der Waals surface area contributed by atoms with Crippen molar-refractivity contribution in [3.05, 3.63) is 76.1 Å². The van der Waals surface area contributed by atoms with Crippen molar-refractivity contribution in [2.24, 2.45) is 0 Å². The molecule has 0 bridgehead atoms. The molecule has 0 spiro atoms. The van der Waals surface area contributed by atoms with E-state index in [-0.39, 0.29) is 11.4 Å². The Morgan fingerprint density at radius 1 is 1.14 bits per heavy atom. The fourth-order valence-electron chi connectivity index (χ4n) is 1.70. The largest absolute Gasteiger partial charge is 0.320 e. The van der Waals surface area contributed by atoms with Crippen LogP contribution in [0.1, 0.15) is 5.56 Å². The SMILES string of the molecule is O=C(C=Cc1ccccc1[N+](=O)[O-])Nc1ccccc1F. The molecule has 2 aromatic rings. The van der Waals surface area contributed by atoms with E-state index in [0.29, 0.717) is 5.56 Å². The van der Waals surface area contributed by atoms with E-state index in [1.807, 2.05) is 0 Å². The van der Waals surface area contributed by atoms with Crippen molar-refractivity contribution < 1.29 is 14.1 Å². The van der Waals surface area contributed by atoms with Gasteiger partial charge in [0.15, 0.2) is 0 Å². The minimum Gasteiger partial charge on any atom is -0.320 e. The Hall–Kier alpha value is -3.02. The average Bonchev–Trinajstić information content (AvgIpc) is 2.48. The summed E-state index contributed by atoms with van der Waals surface area (Å²) in [4.78, 5) is 22.0. The molecule has 0 saturated heterocycles. The van der Waals surface area contributed by atoms with Gasteiger partial charge in [0.25, 0.3) is 5.69 Å². The summed E-state index contributed by atoms with van der Waals surface area (Å²) in [5.74, 6) is -1.12. The molecule has 0 unspecified atom stereocenters. The molecule has 0 saturated carbocycles. The number of nitrogens with zero attached hydrogens (tertiary/aromatic N) is 1. The first kappa shape index (κ1) is 14.4. The molecule has 1 N–H and O–H groups in total. The summed E-state index contributed by atoms with van der Waals surface area (Å²) in [6, 6.07) is 11.8. The molecule has 6 heteroatoms. The van der Waals surface area contributed by atoms with Crippen LogP contribution in [0.4, 0.5) is 15.8 Å². The number of carbonyl (C=O) groups is 1. The monoisotopic (exact) mass is 286 g/mol. The number of halogens is 1. The highest BCUT2D eigenvalue weighted by molar-refractivity contribution is 6.02. The van der Waals surface area contributed by atoms with Gasteiger partial charge in [0.2, 0.25) is 5.91 Å². The van der Waals surface area contributed by atoms with Gasteiger partial charge in [-0.2, -0.15) is 0 Å². The molecule has 0 aliphatic rings. The first-order valence-electron chi connectivity index (χ1n) is 6.05. The summed E-state index contributed by atoms with van der Waals surface area (Å²) in [6.07, 6.45) is 2.43. The van der Waals surface area contributed by atoms with Crippen molar-refractivity contribution in [3.63, 3.8) is 0 Å². The second-order valence-electron chi connectivity index (χ2n) is 4.12. The van der Waals surface area contributed by atoms with Crippen LogP contribution >= 0.6 is 0 Å². The van der Waals surface area contributed by atoms with Gasteiger partial charge in [-0.05, 0) is 24.3 Å². The fraction of sp³-hybridized carbons (Fsp3) is 0. The van der Waals surface area contributed by atoms with Crippen LogP contribution in [-0.2, 0) is 4.79 Å². The number of hydrogen-bond acceptors (Lipinski definition) is 3. The van der Waals surface area contributed by atoms with Gasteiger partial charge in [0, 0.05) is 12.1 Å². The first-order chi connectivity index (χ1) is 10.1. The molecule has 0 atom stereocenters. The highest BCUT2D eigenvalue weighted by Crippen LogP contribution is 2.19. The Morgan fingerprint density at radius 3 is 2.52 bits per heavy atom. The molecule has 1 amide bonds. The zero-order valence-corrected chi connectivity index (χ0v) is 10.8. The first-order valence-corrected chi connectivity index (χ1v) is 6.05. The van der Waals surface area contributed by atoms with Crippen LogP contribution in [0.15, 0.2) is 54.6 Å². The molecule has 2 rings (SSSR count). The minimum atomic E-state index is -0.571. The van der Waals surface area contributed by atoms with Crippen LogP contribution in [0.5, 0.6) is 0 Å². The maximum absolute atomic E-state index is 13.4. The zero-order chi connectivity index (χ0) is 15.2. The Bertz CT molecular complexity index is 714. The van der Waals surface area contributed by atoms with Crippen LogP contribution < -0.4 is 5.32 Å². The third-order valence-electron chi connectivity index (χ3n) is 2.68. The molecule has 2 aromatic carbocycles. The molecule has 0 aliphatic heterocycles. The predicted octanol–water partition coefficient (Wildman–Crippen LogP) is 3.39. The Labute approximate surface area is 119 Å². The standard InChI is InChI=1S/C15H11FN2O3/c16-12-6-2-3-7-13(12)17-15(19)10-9-11-5-1-4-8-14(11)18(20)21/h1-10H,(H,17,19). The number of nitro groups is 1. The third-order valence-corrected chi connectivity index (χ3v) is 2.68. The molecule has 0 heterocycles. The van der Waals surface area contributed by atoms with Gasteiger partial charge in [-0.15, -0.1) is 0 Å². The number of anilines is 1. The second kappa shape index (κ2) is 6.42. The van der Waals surface area contributed by atoms with Crippen LogP contribution in [0.25, 0.3) is 6.08 Å². The molecule has 0 radical (unpaired) electrons. The molecule has 0 aliphatic carbocycles. The fourth-order valence-corrected chi connectivity index (χ4v) is 1.70. The van der Waals surface area contributed by atoms with Gasteiger partial charge >= 0.3 is 0 Å². The summed E-state index contributed by atoms with van der Waals surface area (Å²) in [5.41, 5.74) is 0.244. The van der Waals surface area contributed by atoms with Gasteiger partial charge in [-0.3, -0.25) is 14.9 Å². The molecular formula is C15H11FN2O3. The van der Waals surface area contributed by atoms with E-state index in [4.69, 9.17) is 0 Å². The summed E-state index contributed by atoms with van der Waals surface area (Å²) in [5, 5.41) is 13.2. The van der Waals surface area contributed by atoms with Crippen molar-refractivity contribution in [2.45, 2.75) is 0 Å². The average molecular weight is 286 g/mol. The molecular weight excluding hydrogens is 275 g/mol. The van der Waals surface area contributed by atoms with Crippen LogP contribution in [-0.4, -0.2) is 10.8 Å². The highest BCUT2D eigenvalue weighted by Gasteiger charge is 2.10. The maximum Gasteiger partial charge on any atom is 0.276 e. The predicted molar refractivity (Wildman–Crippen MR) is 77.2 cm³/mol. The van der Waals surface area contributed by atoms with E-state index in [2.05, 4.69) is 5.32 Å². The Kier molecular flexibility index (Phi) is 4.40. The number of rotatable bonds is 4. The molecule has 0 aromatic heterocycles. The molecule has 21 heavy (non-hydrogen) atoms. The van der Waals surface area contributed by atoms with Crippen molar-refractivity contribution in [3.8, 4) is 0 Å². The molecule has 0 fully saturated rings. The number of para-hydroxylation sites is 2. The van der Waals surface area contributed by atoms with E-state index < -0.39 is 16.6 Å². The van der Waals surface area contributed by atoms with Crippen LogP contribution in [0.3, 0.4) is 0 Å². The van der Waals surface area contributed by atoms with E-state index in [1.165, 1.54) is 42.5 Å². The summed E-state index contributed by atoms with van der Waals surface area (Å²) >= 11 is 0. The number of carbonyl (C=O) groups excluding carboxylic acids is 1. The molecule has 106 valence electrons. The maximum atomic E-state index is 13.4. The second-order valence-corrected chi connectivity index (χ2v) is 4.12. The number of amides is 1. The lowest BCUT2D eigenvalue weighted by molar-refractivity contribution is -0.385. The van der Waals surface area contributed by atoms with Crippen LogP contribution in [0, 0.1) is 15.9 Å². The number of benzene rings is 2. The van der Waals surface area contributed by atoms with Crippen molar-refractivity contribution in [1.29, 1.82) is 0 Å².